The first-order chi connectivity index (χ1) is 19.3. The molecular weight excluding hydrogens is 863 g/mol. The Labute approximate surface area is 242 Å². The molecule has 0 unspecified atom stereocenters. The molecule has 6 aromatic carbocycles. The van der Waals surface area contributed by atoms with E-state index in [1.54, 1.807) is 0 Å². The molecule has 0 heterocycles. The van der Waals surface area contributed by atoms with Crippen LogP contribution >= 0.6 is 0 Å². The van der Waals surface area contributed by atoms with E-state index in [1.807, 2.05) is 0 Å². The number of rotatable bonds is 8. The Morgan fingerprint density at radius 3 is 0.538 bits per heavy atom. The summed E-state index contributed by atoms with van der Waals surface area (Å²) in [7, 11) is 0. The quantitative estimate of drug-likeness (QED) is 0.207. The van der Waals surface area contributed by atoms with Crippen molar-refractivity contribution in [3.05, 3.63) is 182 Å². The van der Waals surface area contributed by atoms with Crippen LogP contribution in [-0.2, 0) is 0.637 Å². The molecule has 0 spiro atoms. The summed E-state index contributed by atoms with van der Waals surface area (Å²) in [5, 5.41) is 0. The zero-order chi connectivity index (χ0) is 26.4. The second-order valence-corrected chi connectivity index (χ2v) is 41.5. The fourth-order valence-electron chi connectivity index (χ4n) is 5.62. The fraction of sp³-hybridized carbons (Fsp3) is 0. The predicted molar refractivity (Wildman–Crippen MR) is 169 cm³/mol. The van der Waals surface area contributed by atoms with Gasteiger partial charge in [-0.15, -0.1) is 0 Å². The summed E-state index contributed by atoms with van der Waals surface area (Å²) in [6, 6.07) is 66.4. The third-order valence-corrected chi connectivity index (χ3v) is 57.4. The Morgan fingerprint density at radius 1 is 0.231 bits per heavy atom. The van der Waals surface area contributed by atoms with Gasteiger partial charge in [-0.25, -0.2) is 0 Å². The summed E-state index contributed by atoms with van der Waals surface area (Å²) in [5.74, 6) is 0. The van der Waals surface area contributed by atoms with Crippen LogP contribution in [0.2, 0.25) is 0 Å². The Morgan fingerprint density at radius 2 is 0.385 bits per heavy atom. The van der Waals surface area contributed by atoms with Gasteiger partial charge in [0.25, 0.3) is 0 Å². The first-order valence-electron chi connectivity index (χ1n) is 13.4. The van der Waals surface area contributed by atoms with Crippen molar-refractivity contribution in [1.82, 2.24) is 0 Å². The molecule has 6 rings (SSSR count). The predicted octanol–water partition coefficient (Wildman–Crippen LogP) is 4.34. The molecule has 0 saturated carbocycles. The average Bonchev–Trinajstić information content (AvgIpc) is 3.04. The summed E-state index contributed by atoms with van der Waals surface area (Å²) in [6.07, 6.45) is 0. The molecule has 188 valence electrons. The Bertz CT molecular complexity index is 1270. The molecule has 0 amide bonds. The van der Waals surface area contributed by atoms with E-state index in [2.05, 4.69) is 182 Å². The minimum atomic E-state index is -4.32. The van der Waals surface area contributed by atoms with E-state index in [-0.39, 0.29) is 0 Å². The molecular formula is C36H30OPb2. The normalized spacial score (nSPS) is 11.7. The van der Waals surface area contributed by atoms with Crippen LogP contribution in [0, 0.1) is 0 Å². The summed E-state index contributed by atoms with van der Waals surface area (Å²) in [5.41, 5.74) is 0. The molecule has 0 saturated heterocycles. The van der Waals surface area contributed by atoms with E-state index in [9.17, 15) is 0 Å². The SMILES string of the molecule is c1cc[c]([Pb]([O][Pb]([c]2ccccc2)([c]2ccccc2)[c]2ccccc2)([c]2ccccc2)[c]2ccccc2)cc1. The van der Waals surface area contributed by atoms with Gasteiger partial charge < -0.3 is 0 Å². The molecule has 0 fully saturated rings. The third-order valence-electron chi connectivity index (χ3n) is 7.39. The second-order valence-electron chi connectivity index (χ2n) is 9.66. The van der Waals surface area contributed by atoms with Crippen LogP contribution in [0.15, 0.2) is 182 Å². The molecule has 0 aromatic heterocycles. The van der Waals surface area contributed by atoms with Crippen LogP contribution in [0.3, 0.4) is 0 Å². The van der Waals surface area contributed by atoms with Gasteiger partial charge in [-0.3, -0.25) is 0 Å². The zero-order valence-electron chi connectivity index (χ0n) is 21.7. The summed E-state index contributed by atoms with van der Waals surface area (Å²) in [6.45, 7) is 0. The molecule has 1 nitrogen and oxygen atoms in total. The zero-order valence-corrected chi connectivity index (χ0v) is 29.5. The summed E-state index contributed by atoms with van der Waals surface area (Å²) in [4.78, 5) is 0. The molecule has 0 radical (unpaired) electrons. The molecule has 0 aliphatic carbocycles. The van der Waals surface area contributed by atoms with E-state index in [0.29, 0.717) is 0 Å². The Balaban J connectivity index is 1.76. The van der Waals surface area contributed by atoms with E-state index in [0.717, 1.165) is 0 Å². The maximum atomic E-state index is 8.39. The van der Waals surface area contributed by atoms with E-state index in [4.69, 9.17) is 0.637 Å². The number of hydrogen-bond acceptors (Lipinski definition) is 1. The van der Waals surface area contributed by atoms with E-state index in [1.165, 1.54) is 18.7 Å². The molecule has 0 aliphatic rings. The second kappa shape index (κ2) is 12.1. The minimum absolute atomic E-state index is 1.34. The summed E-state index contributed by atoms with van der Waals surface area (Å²) >= 11 is -8.64. The van der Waals surface area contributed by atoms with Crippen LogP contribution in [0.4, 0.5) is 0 Å². The van der Waals surface area contributed by atoms with Crippen molar-refractivity contribution >= 4 is 62.0 Å². The maximum absolute atomic E-state index is 8.39. The molecule has 0 N–H and O–H groups in total. The van der Waals surface area contributed by atoms with Crippen molar-refractivity contribution in [3.63, 3.8) is 0 Å². The van der Waals surface area contributed by atoms with Crippen molar-refractivity contribution < 1.29 is 0.637 Å². The first-order valence-corrected chi connectivity index (χ1v) is 28.2. The topological polar surface area (TPSA) is 9.23 Å². The first kappa shape index (κ1) is 26.4. The fourth-order valence-corrected chi connectivity index (χ4v) is 73.2. The standard InChI is InChI=1S/6C6H5.O.2Pb/c6*1-2-4-6-5-3-1;;;/h6*1-5H;;;. The van der Waals surface area contributed by atoms with Gasteiger partial charge in [-0.05, 0) is 0 Å². The van der Waals surface area contributed by atoms with Crippen LogP contribution in [0.25, 0.3) is 0 Å². The van der Waals surface area contributed by atoms with Crippen molar-refractivity contribution in [3.8, 4) is 0 Å². The third kappa shape index (κ3) is 5.08. The van der Waals surface area contributed by atoms with Gasteiger partial charge in [0.1, 0.15) is 0 Å². The molecule has 0 bridgehead atoms. The molecule has 39 heavy (non-hydrogen) atoms. The van der Waals surface area contributed by atoms with Crippen LogP contribution < -0.4 is 18.7 Å². The van der Waals surface area contributed by atoms with Crippen LogP contribution in [0.1, 0.15) is 0 Å². The van der Waals surface area contributed by atoms with Gasteiger partial charge in [-0.1, -0.05) is 0 Å². The van der Waals surface area contributed by atoms with Gasteiger partial charge in [0, 0.05) is 0 Å². The molecule has 3 heteroatoms. The Kier molecular flexibility index (Phi) is 8.18. The van der Waals surface area contributed by atoms with Crippen molar-refractivity contribution in [1.29, 1.82) is 0 Å². The van der Waals surface area contributed by atoms with Gasteiger partial charge in [0.2, 0.25) is 0 Å². The molecule has 6 aromatic rings. The van der Waals surface area contributed by atoms with Crippen molar-refractivity contribution in [2.45, 2.75) is 0 Å². The van der Waals surface area contributed by atoms with E-state index < -0.39 is 43.3 Å². The Hall–Kier alpha value is -2.88. The average molecular weight is 893 g/mol. The summed E-state index contributed by atoms with van der Waals surface area (Å²) < 4.78 is 16.4. The monoisotopic (exact) mass is 894 g/mol. The number of hydrogen-bond donors (Lipinski definition) is 0. The van der Waals surface area contributed by atoms with Crippen molar-refractivity contribution in [2.24, 2.45) is 0 Å². The van der Waals surface area contributed by atoms with Crippen LogP contribution in [-0.4, -0.2) is 43.3 Å². The van der Waals surface area contributed by atoms with Gasteiger partial charge in [-0.2, -0.15) is 0 Å². The van der Waals surface area contributed by atoms with Crippen LogP contribution in [0.5, 0.6) is 0 Å². The number of benzene rings is 6. The molecule has 0 atom stereocenters. The van der Waals surface area contributed by atoms with Gasteiger partial charge >= 0.3 is 245 Å². The molecule has 0 aliphatic heterocycles. The van der Waals surface area contributed by atoms with Gasteiger partial charge in [0.05, 0.1) is 0 Å². The van der Waals surface area contributed by atoms with Crippen molar-refractivity contribution in [2.75, 3.05) is 0 Å². The van der Waals surface area contributed by atoms with E-state index >= 15 is 0 Å². The van der Waals surface area contributed by atoms with Gasteiger partial charge in [0.15, 0.2) is 0 Å².